The number of ether oxygens (including phenoxy) is 1. The average molecular weight is 311 g/mol. The van der Waals surface area contributed by atoms with Crippen LogP contribution in [0.15, 0.2) is 30.5 Å². The Balaban J connectivity index is 2.06. The minimum atomic E-state index is -0.503. The molecule has 0 atom stereocenters. The van der Waals surface area contributed by atoms with E-state index in [0.29, 0.717) is 23.5 Å². The van der Waals surface area contributed by atoms with Crippen LogP contribution in [0.5, 0.6) is 0 Å². The van der Waals surface area contributed by atoms with Crippen LogP contribution in [0.1, 0.15) is 29.4 Å². The monoisotopic (exact) mass is 310 g/mol. The Hall–Kier alpha value is -2.01. The predicted molar refractivity (Wildman–Crippen MR) is 79.7 cm³/mol. The molecule has 2 aromatic rings. The summed E-state index contributed by atoms with van der Waals surface area (Å²) in [6, 6.07) is 5.77. The third-order valence-electron chi connectivity index (χ3n) is 2.95. The molecular weight excluding hydrogens is 295 g/mol. The van der Waals surface area contributed by atoms with Crippen molar-refractivity contribution in [2.75, 3.05) is 5.73 Å². The molecule has 0 unspecified atom stereocenters. The molecule has 2 N–H and O–H groups in total. The Bertz CT molecular complexity index is 655. The first-order valence-electron chi connectivity index (χ1n) is 6.58. The highest BCUT2D eigenvalue weighted by atomic mass is 35.5. The molecule has 0 radical (unpaired) electrons. The van der Waals surface area contributed by atoms with Crippen molar-refractivity contribution in [3.8, 4) is 0 Å². The molecule has 0 bridgehead atoms. The van der Waals surface area contributed by atoms with Crippen LogP contribution in [0.3, 0.4) is 0 Å². The van der Waals surface area contributed by atoms with Crippen LogP contribution in [0.4, 0.5) is 10.1 Å². The number of halogens is 2. The maximum absolute atomic E-state index is 13.0. The van der Waals surface area contributed by atoms with Gasteiger partial charge in [0.15, 0.2) is 0 Å². The topological polar surface area (TPSA) is 57.2 Å². The van der Waals surface area contributed by atoms with Gasteiger partial charge >= 0.3 is 5.97 Å². The van der Waals surface area contributed by atoms with Crippen molar-refractivity contribution in [2.24, 2.45) is 0 Å². The maximum atomic E-state index is 13.0. The lowest BCUT2D eigenvalue weighted by Gasteiger charge is -2.08. The van der Waals surface area contributed by atoms with Crippen LogP contribution < -0.4 is 5.73 Å². The lowest BCUT2D eigenvalue weighted by atomic mass is 10.2. The Morgan fingerprint density at radius 2 is 2.19 bits per heavy atom. The number of nitrogens with zero attached hydrogens (tertiary/aromatic N) is 1. The largest absolute Gasteiger partial charge is 0.456 e. The maximum Gasteiger partial charge on any atom is 0.355 e. The number of rotatable bonds is 5. The van der Waals surface area contributed by atoms with Crippen LogP contribution >= 0.6 is 11.6 Å². The number of anilines is 1. The summed E-state index contributed by atoms with van der Waals surface area (Å²) in [5.74, 6) is -0.975. The van der Waals surface area contributed by atoms with Gasteiger partial charge in [0.25, 0.3) is 0 Å². The van der Waals surface area contributed by atoms with Gasteiger partial charge in [-0.25, -0.2) is 9.18 Å². The molecule has 0 aliphatic heterocycles. The molecule has 0 saturated heterocycles. The molecule has 0 fully saturated rings. The Kier molecular flexibility index (Phi) is 4.85. The zero-order chi connectivity index (χ0) is 15.4. The molecule has 1 heterocycles. The number of carbonyl (C=O) groups excluding carboxylic acids is 1. The summed E-state index contributed by atoms with van der Waals surface area (Å²) in [6.45, 7) is 2.71. The van der Waals surface area contributed by atoms with Gasteiger partial charge in [-0.15, -0.1) is 0 Å². The van der Waals surface area contributed by atoms with E-state index in [0.717, 1.165) is 6.42 Å². The van der Waals surface area contributed by atoms with E-state index in [2.05, 4.69) is 0 Å². The number of hydrogen-bond donors (Lipinski definition) is 1. The van der Waals surface area contributed by atoms with Gasteiger partial charge in [0.05, 0.1) is 10.7 Å². The van der Waals surface area contributed by atoms with Gasteiger partial charge in [0, 0.05) is 12.7 Å². The fraction of sp³-hybridized carbons (Fsp3) is 0.267. The van der Waals surface area contributed by atoms with Crippen molar-refractivity contribution in [1.29, 1.82) is 0 Å². The van der Waals surface area contributed by atoms with Crippen LogP contribution in [0.2, 0.25) is 5.02 Å². The van der Waals surface area contributed by atoms with Crippen LogP contribution in [0.25, 0.3) is 0 Å². The smallest absolute Gasteiger partial charge is 0.355 e. The molecule has 0 aliphatic rings. The molecule has 4 nitrogen and oxygen atoms in total. The second-order valence-corrected chi connectivity index (χ2v) is 5.08. The van der Waals surface area contributed by atoms with Gasteiger partial charge in [0.1, 0.15) is 18.1 Å². The van der Waals surface area contributed by atoms with E-state index in [1.165, 1.54) is 18.2 Å². The molecule has 21 heavy (non-hydrogen) atoms. The number of nitrogen functional groups attached to an aromatic ring is 1. The highest BCUT2D eigenvalue weighted by molar-refractivity contribution is 6.30. The number of nitrogens with two attached hydrogens (primary N) is 1. The van der Waals surface area contributed by atoms with Gasteiger partial charge in [-0.1, -0.05) is 24.6 Å². The highest BCUT2D eigenvalue weighted by Crippen LogP contribution is 2.18. The molecule has 112 valence electrons. The molecular formula is C15H16ClFN2O2. The number of hydrogen-bond acceptors (Lipinski definition) is 3. The Labute approximate surface area is 127 Å². The number of carbonyl (C=O) groups is 1. The van der Waals surface area contributed by atoms with Gasteiger partial charge in [-0.05, 0) is 30.2 Å². The first-order valence-corrected chi connectivity index (χ1v) is 6.95. The Morgan fingerprint density at radius 1 is 1.43 bits per heavy atom. The fourth-order valence-electron chi connectivity index (χ4n) is 1.98. The molecule has 6 heteroatoms. The molecule has 2 rings (SSSR count). The molecule has 1 aromatic heterocycles. The van der Waals surface area contributed by atoms with E-state index in [-0.39, 0.29) is 11.6 Å². The standard InChI is InChI=1S/C15H16ClFN2O2/c1-2-5-19-8-11(18)7-14(19)15(20)21-9-10-3-4-13(17)12(16)6-10/h3-4,6-8H,2,5,9,18H2,1H3. The molecule has 0 saturated carbocycles. The van der Waals surface area contributed by atoms with Gasteiger partial charge < -0.3 is 15.0 Å². The van der Waals surface area contributed by atoms with Crippen molar-refractivity contribution in [1.82, 2.24) is 4.57 Å². The van der Waals surface area contributed by atoms with Crippen LogP contribution in [0, 0.1) is 5.82 Å². The lowest BCUT2D eigenvalue weighted by Crippen LogP contribution is -2.11. The van der Waals surface area contributed by atoms with Crippen molar-refractivity contribution < 1.29 is 13.9 Å². The summed E-state index contributed by atoms with van der Waals surface area (Å²) >= 11 is 5.68. The summed E-state index contributed by atoms with van der Waals surface area (Å²) in [5.41, 5.74) is 7.24. The number of benzene rings is 1. The van der Waals surface area contributed by atoms with Crippen molar-refractivity contribution >= 4 is 23.3 Å². The van der Waals surface area contributed by atoms with Gasteiger partial charge in [-0.2, -0.15) is 0 Å². The number of esters is 1. The minimum Gasteiger partial charge on any atom is -0.456 e. The van der Waals surface area contributed by atoms with Crippen LogP contribution in [-0.2, 0) is 17.9 Å². The van der Waals surface area contributed by atoms with Crippen molar-refractivity contribution in [3.63, 3.8) is 0 Å². The SMILES string of the molecule is CCCn1cc(N)cc1C(=O)OCc1ccc(F)c(Cl)c1. The van der Waals surface area contributed by atoms with E-state index in [1.807, 2.05) is 6.92 Å². The highest BCUT2D eigenvalue weighted by Gasteiger charge is 2.14. The second kappa shape index (κ2) is 6.63. The van der Waals surface area contributed by atoms with Gasteiger partial charge in [-0.3, -0.25) is 0 Å². The first-order chi connectivity index (χ1) is 10.0. The first kappa shape index (κ1) is 15.4. The fourth-order valence-corrected chi connectivity index (χ4v) is 2.18. The third-order valence-corrected chi connectivity index (χ3v) is 3.23. The predicted octanol–water partition coefficient (Wildman–Crippen LogP) is 3.63. The normalized spacial score (nSPS) is 10.6. The molecule has 0 aliphatic carbocycles. The molecule has 0 spiro atoms. The van der Waals surface area contributed by atoms with Crippen molar-refractivity contribution in [2.45, 2.75) is 26.5 Å². The van der Waals surface area contributed by atoms with E-state index in [9.17, 15) is 9.18 Å². The second-order valence-electron chi connectivity index (χ2n) is 4.68. The summed E-state index contributed by atoms with van der Waals surface area (Å²) in [6.07, 6.45) is 2.58. The zero-order valence-electron chi connectivity index (χ0n) is 11.6. The number of aromatic nitrogens is 1. The molecule has 0 amide bonds. The minimum absolute atomic E-state index is 0.00199. The van der Waals surface area contributed by atoms with Crippen LogP contribution in [-0.4, -0.2) is 10.5 Å². The average Bonchev–Trinajstić information content (AvgIpc) is 2.81. The number of aryl methyl sites for hydroxylation is 1. The quantitative estimate of drug-likeness (QED) is 0.858. The molecule has 1 aromatic carbocycles. The summed E-state index contributed by atoms with van der Waals surface area (Å²) < 4.78 is 20.0. The summed E-state index contributed by atoms with van der Waals surface area (Å²) in [5, 5.41) is 0.00199. The zero-order valence-corrected chi connectivity index (χ0v) is 12.4. The summed E-state index contributed by atoms with van der Waals surface area (Å²) in [4.78, 5) is 12.1. The third kappa shape index (κ3) is 3.76. The van der Waals surface area contributed by atoms with E-state index >= 15 is 0 Å². The van der Waals surface area contributed by atoms with Gasteiger partial charge in [0.2, 0.25) is 0 Å². The van der Waals surface area contributed by atoms with E-state index < -0.39 is 11.8 Å². The van der Waals surface area contributed by atoms with E-state index in [4.69, 9.17) is 22.1 Å². The van der Waals surface area contributed by atoms with E-state index in [1.54, 1.807) is 16.8 Å². The van der Waals surface area contributed by atoms with Crippen molar-refractivity contribution in [3.05, 3.63) is 52.6 Å². The Morgan fingerprint density at radius 3 is 2.86 bits per heavy atom. The lowest BCUT2D eigenvalue weighted by molar-refractivity contribution is 0.0460. The summed E-state index contributed by atoms with van der Waals surface area (Å²) in [7, 11) is 0.